The standard InChI is InChI=1S/C31H27N7O6/c1-36(16-14-32-22-10-12-24(37(41)42)28-26(22)30(39)18-6-2-4-8-20(18)34-28)17-15-33-23-11-13-25(38(43)44)29-27(23)31(40)19-7-3-5-9-21(19)35-29/h2-13,32-33H,14-17H2,1H3,(H,34,39)(H,35,40). The summed E-state index contributed by atoms with van der Waals surface area (Å²) in [7, 11) is 1.91. The molecule has 4 N–H and O–H groups in total. The number of pyridine rings is 2. The van der Waals surface area contributed by atoms with Crippen molar-refractivity contribution in [2.24, 2.45) is 0 Å². The number of H-pyrrole nitrogens is 2. The van der Waals surface area contributed by atoms with Crippen molar-refractivity contribution in [3.8, 4) is 0 Å². The predicted octanol–water partition coefficient (Wildman–Crippen LogP) is 4.95. The molecule has 13 nitrogen and oxygen atoms in total. The Morgan fingerprint density at radius 3 is 1.48 bits per heavy atom. The molecule has 0 aliphatic carbocycles. The Balaban J connectivity index is 1.17. The smallest absolute Gasteiger partial charge is 0.293 e. The third-order valence-electron chi connectivity index (χ3n) is 7.69. The van der Waals surface area contributed by atoms with Crippen LogP contribution in [0.2, 0.25) is 0 Å². The van der Waals surface area contributed by atoms with E-state index in [1.165, 1.54) is 12.1 Å². The first-order valence-corrected chi connectivity index (χ1v) is 13.8. The molecule has 13 heteroatoms. The lowest BCUT2D eigenvalue weighted by Crippen LogP contribution is -2.30. The fourth-order valence-electron chi connectivity index (χ4n) is 5.50. The maximum Gasteiger partial charge on any atom is 0.293 e. The molecule has 2 heterocycles. The van der Waals surface area contributed by atoms with Crippen LogP contribution in [-0.2, 0) is 0 Å². The van der Waals surface area contributed by atoms with Crippen molar-refractivity contribution >= 4 is 66.4 Å². The van der Waals surface area contributed by atoms with Crippen LogP contribution in [0.3, 0.4) is 0 Å². The summed E-state index contributed by atoms with van der Waals surface area (Å²) < 4.78 is 0. The lowest BCUT2D eigenvalue weighted by atomic mass is 10.1. The van der Waals surface area contributed by atoms with Gasteiger partial charge >= 0.3 is 0 Å². The van der Waals surface area contributed by atoms with E-state index < -0.39 is 9.85 Å². The van der Waals surface area contributed by atoms with Crippen LogP contribution in [0.15, 0.2) is 82.4 Å². The second kappa shape index (κ2) is 11.5. The summed E-state index contributed by atoms with van der Waals surface area (Å²) in [6.07, 6.45) is 0. The van der Waals surface area contributed by atoms with Crippen LogP contribution in [0, 0.1) is 20.2 Å². The van der Waals surface area contributed by atoms with Gasteiger partial charge in [0.25, 0.3) is 11.4 Å². The van der Waals surface area contributed by atoms with E-state index in [1.54, 1.807) is 60.7 Å². The molecule has 44 heavy (non-hydrogen) atoms. The number of nitrogens with one attached hydrogen (secondary N) is 4. The molecule has 0 saturated heterocycles. The average Bonchev–Trinajstić information content (AvgIpc) is 3.01. The van der Waals surface area contributed by atoms with Crippen LogP contribution >= 0.6 is 0 Å². The first kappa shape index (κ1) is 28.3. The number of hydrogen-bond acceptors (Lipinski definition) is 9. The first-order chi connectivity index (χ1) is 21.2. The first-order valence-electron chi connectivity index (χ1n) is 13.8. The molecule has 222 valence electrons. The van der Waals surface area contributed by atoms with Crippen LogP contribution in [0.25, 0.3) is 43.6 Å². The second-order valence-electron chi connectivity index (χ2n) is 10.4. The molecule has 0 fully saturated rings. The fraction of sp³-hybridized carbons (Fsp3) is 0.161. The molecular formula is C31H27N7O6. The van der Waals surface area contributed by atoms with Gasteiger partial charge in [0.2, 0.25) is 0 Å². The van der Waals surface area contributed by atoms with Gasteiger partial charge in [0.05, 0.1) is 20.6 Å². The van der Waals surface area contributed by atoms with Crippen LogP contribution in [0.1, 0.15) is 0 Å². The van der Waals surface area contributed by atoms with Crippen LogP contribution in [0.4, 0.5) is 22.7 Å². The predicted molar refractivity (Wildman–Crippen MR) is 172 cm³/mol. The van der Waals surface area contributed by atoms with E-state index in [4.69, 9.17) is 0 Å². The Labute approximate surface area is 248 Å². The average molecular weight is 594 g/mol. The van der Waals surface area contributed by atoms with Crippen molar-refractivity contribution in [1.29, 1.82) is 0 Å². The van der Waals surface area contributed by atoms with E-state index >= 15 is 0 Å². The molecule has 0 atom stereocenters. The van der Waals surface area contributed by atoms with Gasteiger partial charge in [0.1, 0.15) is 11.0 Å². The van der Waals surface area contributed by atoms with Crippen molar-refractivity contribution in [3.05, 3.63) is 113 Å². The Bertz CT molecular complexity index is 2070. The van der Waals surface area contributed by atoms with Gasteiger partial charge in [-0.1, -0.05) is 24.3 Å². The molecule has 0 spiro atoms. The number of hydrogen-bond donors (Lipinski definition) is 4. The lowest BCUT2D eigenvalue weighted by Gasteiger charge is -2.19. The van der Waals surface area contributed by atoms with Gasteiger partial charge in [-0.25, -0.2) is 0 Å². The Morgan fingerprint density at radius 1 is 0.659 bits per heavy atom. The third-order valence-corrected chi connectivity index (χ3v) is 7.69. The highest BCUT2D eigenvalue weighted by molar-refractivity contribution is 6.04. The molecule has 0 bridgehead atoms. The molecule has 0 radical (unpaired) electrons. The van der Waals surface area contributed by atoms with E-state index in [1.807, 2.05) is 11.9 Å². The normalized spacial score (nSPS) is 11.5. The largest absolute Gasteiger partial charge is 0.383 e. The number of fused-ring (bicyclic) bond motifs is 4. The molecule has 0 unspecified atom stereocenters. The summed E-state index contributed by atoms with van der Waals surface area (Å²) in [5, 5.41) is 31.2. The zero-order valence-electron chi connectivity index (χ0n) is 23.5. The number of para-hydroxylation sites is 2. The van der Waals surface area contributed by atoms with Gasteiger partial charge in [0, 0.05) is 71.5 Å². The van der Waals surface area contributed by atoms with E-state index in [-0.39, 0.29) is 44.0 Å². The van der Waals surface area contributed by atoms with Gasteiger partial charge < -0.3 is 25.5 Å². The van der Waals surface area contributed by atoms with Crippen LogP contribution < -0.4 is 21.5 Å². The molecule has 2 aromatic heterocycles. The lowest BCUT2D eigenvalue weighted by molar-refractivity contribution is -0.383. The zero-order chi connectivity index (χ0) is 31.0. The third kappa shape index (κ3) is 5.05. The minimum atomic E-state index is -0.512. The minimum Gasteiger partial charge on any atom is -0.383 e. The van der Waals surface area contributed by atoms with E-state index in [2.05, 4.69) is 20.6 Å². The highest BCUT2D eigenvalue weighted by Crippen LogP contribution is 2.31. The number of nitrogens with zero attached hydrogens (tertiary/aromatic N) is 3. The summed E-state index contributed by atoms with van der Waals surface area (Å²) in [4.78, 5) is 57.2. The minimum absolute atomic E-state index is 0.166. The van der Waals surface area contributed by atoms with Gasteiger partial charge in [-0.2, -0.15) is 0 Å². The van der Waals surface area contributed by atoms with E-state index in [0.29, 0.717) is 59.4 Å². The molecule has 6 rings (SSSR count). The number of nitro groups is 2. The maximum absolute atomic E-state index is 13.3. The number of rotatable bonds is 10. The fourth-order valence-corrected chi connectivity index (χ4v) is 5.50. The number of non-ortho nitro benzene ring substituents is 2. The monoisotopic (exact) mass is 593 g/mol. The summed E-state index contributed by atoms with van der Waals surface area (Å²) in [6.45, 7) is 2.03. The van der Waals surface area contributed by atoms with Gasteiger partial charge in [0.15, 0.2) is 10.9 Å². The second-order valence-corrected chi connectivity index (χ2v) is 10.4. The number of anilines is 2. The number of likely N-dealkylation sites (N-methyl/N-ethyl adjacent to an activating group) is 1. The Kier molecular flexibility index (Phi) is 7.37. The summed E-state index contributed by atoms with van der Waals surface area (Å²) in [6, 6.07) is 19.6. The van der Waals surface area contributed by atoms with Crippen LogP contribution in [-0.4, -0.2) is 57.9 Å². The maximum atomic E-state index is 13.3. The highest BCUT2D eigenvalue weighted by atomic mass is 16.6. The molecule has 6 aromatic rings. The summed E-state index contributed by atoms with van der Waals surface area (Å²) in [5.74, 6) is 0. The van der Waals surface area contributed by atoms with Crippen molar-refractivity contribution in [2.45, 2.75) is 0 Å². The number of benzene rings is 4. The molecule has 0 amide bonds. The SMILES string of the molecule is CN(CCNc1ccc([N+](=O)[O-])c2[nH]c3ccccc3c(=O)c12)CCNc1ccc([N+](=O)[O-])c2[nH]c3ccccc3c(=O)c12. The van der Waals surface area contributed by atoms with Crippen LogP contribution in [0.5, 0.6) is 0 Å². The number of aromatic amines is 2. The van der Waals surface area contributed by atoms with E-state index in [9.17, 15) is 29.8 Å². The van der Waals surface area contributed by atoms with Gasteiger partial charge in [-0.05, 0) is 43.4 Å². The van der Waals surface area contributed by atoms with Crippen molar-refractivity contribution in [1.82, 2.24) is 14.9 Å². The Morgan fingerprint density at radius 2 is 1.07 bits per heavy atom. The van der Waals surface area contributed by atoms with Crippen molar-refractivity contribution in [2.75, 3.05) is 43.9 Å². The topological polar surface area (TPSA) is 179 Å². The van der Waals surface area contributed by atoms with Gasteiger partial charge in [-0.3, -0.25) is 29.8 Å². The number of aromatic nitrogens is 2. The summed E-state index contributed by atoms with van der Waals surface area (Å²) in [5.41, 5.74) is 1.42. The van der Waals surface area contributed by atoms with Crippen molar-refractivity contribution < 1.29 is 9.85 Å². The van der Waals surface area contributed by atoms with Crippen molar-refractivity contribution in [3.63, 3.8) is 0 Å². The zero-order valence-corrected chi connectivity index (χ0v) is 23.5. The molecule has 0 aliphatic rings. The molecule has 0 aliphatic heterocycles. The number of nitro benzene ring substituents is 2. The molecular weight excluding hydrogens is 566 g/mol. The summed E-state index contributed by atoms with van der Waals surface area (Å²) >= 11 is 0. The molecule has 4 aromatic carbocycles. The van der Waals surface area contributed by atoms with Gasteiger partial charge in [-0.15, -0.1) is 0 Å². The van der Waals surface area contributed by atoms with E-state index in [0.717, 1.165) is 0 Å². The quantitative estimate of drug-likeness (QED) is 0.0971. The Hall–Kier alpha value is -5.82. The molecule has 0 saturated carbocycles. The highest BCUT2D eigenvalue weighted by Gasteiger charge is 2.21.